The van der Waals surface area contributed by atoms with Crippen LogP contribution < -0.4 is 0 Å². The zero-order chi connectivity index (χ0) is 11.4. The molecule has 1 aliphatic carbocycles. The molecule has 92 valence electrons. The van der Waals surface area contributed by atoms with Crippen molar-refractivity contribution in [1.29, 1.82) is 0 Å². The normalized spacial score (nSPS) is 31.2. The molecule has 16 heavy (non-hydrogen) atoms. The number of carbonyl (C=O) groups is 1. The maximum absolute atomic E-state index is 11.4. The van der Waals surface area contributed by atoms with E-state index in [4.69, 9.17) is 0 Å². The molecule has 0 spiro atoms. The second-order valence-electron chi connectivity index (χ2n) is 5.86. The van der Waals surface area contributed by atoms with Crippen LogP contribution >= 0.6 is 0 Å². The van der Waals surface area contributed by atoms with Crippen LogP contribution in [0, 0.1) is 5.41 Å². The Balaban J connectivity index is 1.97. The molecular formula is C14H25NO. The molecule has 2 aliphatic rings. The van der Waals surface area contributed by atoms with Crippen LogP contribution in [0.15, 0.2) is 0 Å². The van der Waals surface area contributed by atoms with Gasteiger partial charge in [0.1, 0.15) is 6.29 Å². The van der Waals surface area contributed by atoms with Gasteiger partial charge in [-0.3, -0.25) is 4.90 Å². The van der Waals surface area contributed by atoms with Crippen molar-refractivity contribution >= 4 is 6.29 Å². The van der Waals surface area contributed by atoms with Crippen molar-refractivity contribution in [3.05, 3.63) is 0 Å². The number of rotatable bonds is 3. The first kappa shape index (κ1) is 12.1. The summed E-state index contributed by atoms with van der Waals surface area (Å²) in [6.07, 6.45) is 11.4. The Labute approximate surface area is 99.4 Å². The Morgan fingerprint density at radius 1 is 1.19 bits per heavy atom. The van der Waals surface area contributed by atoms with Gasteiger partial charge in [0.15, 0.2) is 0 Å². The predicted octanol–water partition coefficient (Wildman–Crippen LogP) is 3.01. The molecule has 0 amide bonds. The molecule has 2 nitrogen and oxygen atoms in total. The van der Waals surface area contributed by atoms with Crippen molar-refractivity contribution < 1.29 is 4.79 Å². The van der Waals surface area contributed by atoms with Gasteiger partial charge in [0.25, 0.3) is 0 Å². The lowest BCUT2D eigenvalue weighted by molar-refractivity contribution is -0.117. The summed E-state index contributed by atoms with van der Waals surface area (Å²) in [5.41, 5.74) is 0.0125. The van der Waals surface area contributed by atoms with Crippen molar-refractivity contribution in [2.24, 2.45) is 5.41 Å². The minimum Gasteiger partial charge on any atom is -0.303 e. The fraction of sp³-hybridized carbons (Fsp3) is 0.929. The van der Waals surface area contributed by atoms with E-state index in [-0.39, 0.29) is 5.41 Å². The van der Waals surface area contributed by atoms with Crippen LogP contribution in [0.3, 0.4) is 0 Å². The molecule has 0 N–H and O–H groups in total. The van der Waals surface area contributed by atoms with Crippen molar-refractivity contribution in [2.75, 3.05) is 13.1 Å². The third-order valence-electron chi connectivity index (χ3n) is 4.56. The first-order valence-electron chi connectivity index (χ1n) is 6.96. The molecular weight excluding hydrogens is 198 g/mol. The fourth-order valence-corrected chi connectivity index (χ4v) is 3.37. The van der Waals surface area contributed by atoms with Crippen LogP contribution in [0.2, 0.25) is 0 Å². The molecule has 1 heterocycles. The maximum atomic E-state index is 11.4. The highest BCUT2D eigenvalue weighted by molar-refractivity contribution is 5.60. The van der Waals surface area contributed by atoms with Crippen LogP contribution in [0.4, 0.5) is 0 Å². The number of likely N-dealkylation sites (tertiary alicyclic amines) is 1. The third kappa shape index (κ3) is 2.65. The molecule has 1 aliphatic heterocycles. The van der Waals surface area contributed by atoms with Gasteiger partial charge in [-0.25, -0.2) is 0 Å². The number of hydrogen-bond acceptors (Lipinski definition) is 2. The summed E-state index contributed by atoms with van der Waals surface area (Å²) in [6.45, 7) is 4.56. The number of nitrogens with zero attached hydrogens (tertiary/aromatic N) is 1. The van der Waals surface area contributed by atoms with Gasteiger partial charge in [-0.05, 0) is 39.2 Å². The minimum atomic E-state index is 0.0125. The third-order valence-corrected chi connectivity index (χ3v) is 4.56. The summed E-state index contributed by atoms with van der Waals surface area (Å²) in [7, 11) is 0. The van der Waals surface area contributed by atoms with Gasteiger partial charge < -0.3 is 4.79 Å². The Morgan fingerprint density at radius 3 is 2.62 bits per heavy atom. The molecule has 2 heteroatoms. The Morgan fingerprint density at radius 2 is 1.94 bits per heavy atom. The van der Waals surface area contributed by atoms with E-state index in [1.54, 1.807) is 0 Å². The molecule has 0 aromatic carbocycles. The highest BCUT2D eigenvalue weighted by Crippen LogP contribution is 2.37. The van der Waals surface area contributed by atoms with Crippen LogP contribution in [-0.4, -0.2) is 30.3 Å². The molecule has 0 aromatic heterocycles. The Bertz CT molecular complexity index is 233. The Kier molecular flexibility index (Phi) is 4.01. The van der Waals surface area contributed by atoms with Crippen LogP contribution in [0.5, 0.6) is 0 Å². The molecule has 1 saturated carbocycles. The van der Waals surface area contributed by atoms with Crippen molar-refractivity contribution in [2.45, 2.75) is 64.3 Å². The van der Waals surface area contributed by atoms with E-state index in [9.17, 15) is 4.79 Å². The van der Waals surface area contributed by atoms with E-state index in [0.29, 0.717) is 6.04 Å². The second-order valence-corrected chi connectivity index (χ2v) is 5.86. The lowest BCUT2D eigenvalue weighted by atomic mass is 9.87. The zero-order valence-electron chi connectivity index (χ0n) is 10.6. The summed E-state index contributed by atoms with van der Waals surface area (Å²) in [5.74, 6) is 0. The van der Waals surface area contributed by atoms with E-state index in [1.165, 1.54) is 51.4 Å². The van der Waals surface area contributed by atoms with Crippen molar-refractivity contribution in [3.63, 3.8) is 0 Å². The molecule has 1 atom stereocenters. The Hall–Kier alpha value is -0.370. The summed E-state index contributed by atoms with van der Waals surface area (Å²) in [5, 5.41) is 0. The molecule has 0 bridgehead atoms. The summed E-state index contributed by atoms with van der Waals surface area (Å²) < 4.78 is 0. The van der Waals surface area contributed by atoms with Crippen molar-refractivity contribution in [1.82, 2.24) is 4.90 Å². The monoisotopic (exact) mass is 223 g/mol. The predicted molar refractivity (Wildman–Crippen MR) is 66.5 cm³/mol. The SMILES string of the molecule is CC1CCCCCN1CC1(C=O)CCCC1. The van der Waals surface area contributed by atoms with E-state index >= 15 is 0 Å². The number of hydrogen-bond donors (Lipinski definition) is 0. The second kappa shape index (κ2) is 5.31. The average Bonchev–Trinajstić information content (AvgIpc) is 2.67. The molecule has 1 unspecified atom stereocenters. The lowest BCUT2D eigenvalue weighted by Crippen LogP contribution is -2.42. The largest absolute Gasteiger partial charge is 0.303 e. The maximum Gasteiger partial charge on any atom is 0.127 e. The summed E-state index contributed by atoms with van der Waals surface area (Å²) in [4.78, 5) is 13.9. The highest BCUT2D eigenvalue weighted by atomic mass is 16.1. The van der Waals surface area contributed by atoms with E-state index in [1.807, 2.05) is 0 Å². The van der Waals surface area contributed by atoms with Gasteiger partial charge >= 0.3 is 0 Å². The van der Waals surface area contributed by atoms with E-state index in [2.05, 4.69) is 11.8 Å². The van der Waals surface area contributed by atoms with Gasteiger partial charge in [0.2, 0.25) is 0 Å². The average molecular weight is 223 g/mol. The van der Waals surface area contributed by atoms with Gasteiger partial charge in [-0.15, -0.1) is 0 Å². The molecule has 2 rings (SSSR count). The van der Waals surface area contributed by atoms with Gasteiger partial charge in [-0.1, -0.05) is 25.7 Å². The van der Waals surface area contributed by atoms with Crippen LogP contribution in [0.25, 0.3) is 0 Å². The topological polar surface area (TPSA) is 20.3 Å². The number of aldehydes is 1. The zero-order valence-corrected chi connectivity index (χ0v) is 10.6. The summed E-state index contributed by atoms with van der Waals surface area (Å²) >= 11 is 0. The summed E-state index contributed by atoms with van der Waals surface area (Å²) in [6, 6.07) is 0.680. The molecule has 2 fully saturated rings. The molecule has 0 aromatic rings. The van der Waals surface area contributed by atoms with Gasteiger partial charge in [0.05, 0.1) is 0 Å². The highest BCUT2D eigenvalue weighted by Gasteiger charge is 2.36. The van der Waals surface area contributed by atoms with Crippen molar-refractivity contribution in [3.8, 4) is 0 Å². The number of carbonyl (C=O) groups excluding carboxylic acids is 1. The first-order chi connectivity index (χ1) is 7.76. The smallest absolute Gasteiger partial charge is 0.127 e. The quantitative estimate of drug-likeness (QED) is 0.685. The van der Waals surface area contributed by atoms with Gasteiger partial charge in [0, 0.05) is 18.0 Å². The first-order valence-corrected chi connectivity index (χ1v) is 6.96. The lowest BCUT2D eigenvalue weighted by Gasteiger charge is -2.34. The van der Waals surface area contributed by atoms with Gasteiger partial charge in [-0.2, -0.15) is 0 Å². The minimum absolute atomic E-state index is 0.0125. The molecule has 0 radical (unpaired) electrons. The van der Waals surface area contributed by atoms with E-state index < -0.39 is 0 Å². The van der Waals surface area contributed by atoms with E-state index in [0.717, 1.165) is 19.4 Å². The standard InChI is InChI=1S/C14H25NO/c1-13-7-3-2-6-10-15(13)11-14(12-16)8-4-5-9-14/h12-13H,2-11H2,1H3. The molecule has 1 saturated heterocycles. The fourth-order valence-electron chi connectivity index (χ4n) is 3.37. The van der Waals surface area contributed by atoms with Crippen LogP contribution in [-0.2, 0) is 4.79 Å². The van der Waals surface area contributed by atoms with Crippen LogP contribution in [0.1, 0.15) is 58.3 Å².